The average Bonchev–Trinajstić information content (AvgIpc) is 2.39. The molecule has 0 bridgehead atoms. The third kappa shape index (κ3) is 3.37. The Labute approximate surface area is 124 Å². The maximum atomic E-state index is 13.5. The second-order valence-electron chi connectivity index (χ2n) is 4.01. The molecular weight excluding hydrogens is 306 g/mol. The summed E-state index contributed by atoms with van der Waals surface area (Å²) in [6.45, 7) is 0.0636. The fraction of sp³-hybridized carbons (Fsp3) is 0.0769. The fourth-order valence-corrected chi connectivity index (χ4v) is 2.06. The van der Waals surface area contributed by atoms with Crippen molar-refractivity contribution in [1.29, 1.82) is 0 Å². The monoisotopic (exact) mass is 314 g/mol. The minimum Gasteiger partial charge on any atom is -0.378 e. The first-order valence-electron chi connectivity index (χ1n) is 5.59. The number of rotatable bonds is 4. The van der Waals surface area contributed by atoms with Crippen LogP contribution in [0.3, 0.4) is 0 Å². The summed E-state index contributed by atoms with van der Waals surface area (Å²) < 4.78 is 13.5. The van der Waals surface area contributed by atoms with Crippen LogP contribution in [0.4, 0.5) is 15.8 Å². The van der Waals surface area contributed by atoms with Gasteiger partial charge in [-0.1, -0.05) is 23.2 Å². The summed E-state index contributed by atoms with van der Waals surface area (Å²) in [4.78, 5) is 10.4. The van der Waals surface area contributed by atoms with Gasteiger partial charge in [-0.3, -0.25) is 10.1 Å². The molecule has 0 unspecified atom stereocenters. The Balaban J connectivity index is 2.24. The number of nitrogens with zero attached hydrogens (tertiary/aromatic N) is 1. The second kappa shape index (κ2) is 6.07. The highest BCUT2D eigenvalue weighted by Crippen LogP contribution is 2.25. The Kier molecular flexibility index (Phi) is 4.42. The molecule has 1 N–H and O–H groups in total. The number of nitrogens with one attached hydrogen (secondary N) is 1. The largest absolute Gasteiger partial charge is 0.378 e. The second-order valence-corrected chi connectivity index (χ2v) is 4.88. The lowest BCUT2D eigenvalue weighted by molar-refractivity contribution is -0.385. The van der Waals surface area contributed by atoms with E-state index < -0.39 is 10.7 Å². The lowest BCUT2D eigenvalue weighted by Crippen LogP contribution is -2.04. The molecule has 7 heteroatoms. The van der Waals surface area contributed by atoms with E-state index in [0.717, 1.165) is 0 Å². The standard InChI is InChI=1S/C13H9Cl2FN2O2/c14-9-2-4-13(18(19)20)8(5-9)7-17-12-6-10(15)1-3-11(12)16/h1-6,17H,7H2. The van der Waals surface area contributed by atoms with E-state index in [4.69, 9.17) is 23.2 Å². The predicted octanol–water partition coefficient (Wildman–Crippen LogP) is 4.65. The third-order valence-corrected chi connectivity index (χ3v) is 3.11. The highest BCUT2D eigenvalue weighted by Gasteiger charge is 2.14. The molecule has 0 atom stereocenters. The van der Waals surface area contributed by atoms with Gasteiger partial charge in [-0.15, -0.1) is 0 Å². The number of anilines is 1. The maximum Gasteiger partial charge on any atom is 0.274 e. The average molecular weight is 315 g/mol. The van der Waals surface area contributed by atoms with E-state index >= 15 is 0 Å². The topological polar surface area (TPSA) is 55.2 Å². The van der Waals surface area contributed by atoms with Crippen molar-refractivity contribution in [2.24, 2.45) is 0 Å². The van der Waals surface area contributed by atoms with E-state index in [-0.39, 0.29) is 17.9 Å². The van der Waals surface area contributed by atoms with Crippen molar-refractivity contribution < 1.29 is 9.31 Å². The van der Waals surface area contributed by atoms with Gasteiger partial charge in [0, 0.05) is 22.7 Å². The fourth-order valence-electron chi connectivity index (χ4n) is 1.70. The molecule has 0 radical (unpaired) electrons. The van der Waals surface area contributed by atoms with Gasteiger partial charge in [-0.25, -0.2) is 4.39 Å². The zero-order valence-electron chi connectivity index (χ0n) is 10.1. The van der Waals surface area contributed by atoms with Crippen LogP contribution in [0, 0.1) is 15.9 Å². The molecular formula is C13H9Cl2FN2O2. The first-order chi connectivity index (χ1) is 9.47. The van der Waals surface area contributed by atoms with E-state index in [1.807, 2.05) is 0 Å². The van der Waals surface area contributed by atoms with Gasteiger partial charge in [0.2, 0.25) is 0 Å². The summed E-state index contributed by atoms with van der Waals surface area (Å²) in [5, 5.41) is 14.4. The number of nitro groups is 1. The Morgan fingerprint density at radius 3 is 2.50 bits per heavy atom. The first-order valence-corrected chi connectivity index (χ1v) is 6.34. The molecule has 0 amide bonds. The van der Waals surface area contributed by atoms with Crippen LogP contribution < -0.4 is 5.32 Å². The van der Waals surface area contributed by atoms with E-state index in [1.165, 1.54) is 36.4 Å². The quantitative estimate of drug-likeness (QED) is 0.660. The van der Waals surface area contributed by atoms with Gasteiger partial charge < -0.3 is 5.32 Å². The van der Waals surface area contributed by atoms with Crippen molar-refractivity contribution in [3.8, 4) is 0 Å². The van der Waals surface area contributed by atoms with Gasteiger partial charge in [-0.05, 0) is 30.3 Å². The Hall–Kier alpha value is -1.85. The molecule has 104 valence electrons. The first kappa shape index (κ1) is 14.6. The zero-order valence-corrected chi connectivity index (χ0v) is 11.6. The highest BCUT2D eigenvalue weighted by molar-refractivity contribution is 6.31. The minimum atomic E-state index is -0.512. The van der Waals surface area contributed by atoms with Crippen LogP contribution in [0.5, 0.6) is 0 Å². The van der Waals surface area contributed by atoms with E-state index in [9.17, 15) is 14.5 Å². The van der Waals surface area contributed by atoms with Gasteiger partial charge in [0.05, 0.1) is 16.2 Å². The number of halogens is 3. The van der Waals surface area contributed by atoms with Crippen LogP contribution in [-0.4, -0.2) is 4.92 Å². The van der Waals surface area contributed by atoms with Gasteiger partial charge in [-0.2, -0.15) is 0 Å². The lowest BCUT2D eigenvalue weighted by atomic mass is 10.1. The minimum absolute atomic E-state index is 0.0636. The molecule has 4 nitrogen and oxygen atoms in total. The van der Waals surface area contributed by atoms with Gasteiger partial charge in [0.25, 0.3) is 5.69 Å². The summed E-state index contributed by atoms with van der Waals surface area (Å²) in [6, 6.07) is 8.26. The van der Waals surface area contributed by atoms with E-state index in [1.54, 1.807) is 0 Å². The Morgan fingerprint density at radius 2 is 1.80 bits per heavy atom. The van der Waals surface area contributed by atoms with Crippen LogP contribution in [0.15, 0.2) is 36.4 Å². The summed E-state index contributed by atoms with van der Waals surface area (Å²) in [7, 11) is 0. The van der Waals surface area contributed by atoms with Crippen LogP contribution in [0.1, 0.15) is 5.56 Å². The summed E-state index contributed by atoms with van der Waals surface area (Å²) in [5.41, 5.74) is 0.456. The predicted molar refractivity (Wildman–Crippen MR) is 76.8 cm³/mol. The van der Waals surface area contributed by atoms with Crippen molar-refractivity contribution >= 4 is 34.6 Å². The summed E-state index contributed by atoms with van der Waals surface area (Å²) in [5.74, 6) is -0.487. The van der Waals surface area contributed by atoms with Crippen LogP contribution in [-0.2, 0) is 6.54 Å². The molecule has 2 aromatic carbocycles. The Bertz CT molecular complexity index is 665. The van der Waals surface area contributed by atoms with Gasteiger partial charge in [0.1, 0.15) is 5.82 Å². The van der Waals surface area contributed by atoms with Crippen molar-refractivity contribution in [2.75, 3.05) is 5.32 Å². The molecule has 0 aliphatic rings. The number of hydrogen-bond acceptors (Lipinski definition) is 3. The molecule has 0 spiro atoms. The number of nitro benzene ring substituents is 1. The smallest absolute Gasteiger partial charge is 0.274 e. The highest BCUT2D eigenvalue weighted by atomic mass is 35.5. The molecule has 0 fully saturated rings. The van der Waals surface area contributed by atoms with E-state index in [2.05, 4.69) is 5.32 Å². The third-order valence-electron chi connectivity index (χ3n) is 2.64. The zero-order chi connectivity index (χ0) is 14.7. The van der Waals surface area contributed by atoms with Crippen LogP contribution >= 0.6 is 23.2 Å². The molecule has 2 aromatic rings. The van der Waals surface area contributed by atoms with Crippen molar-refractivity contribution in [2.45, 2.75) is 6.54 Å². The van der Waals surface area contributed by atoms with Crippen molar-refractivity contribution in [1.82, 2.24) is 0 Å². The van der Waals surface area contributed by atoms with Gasteiger partial charge in [0.15, 0.2) is 0 Å². The SMILES string of the molecule is O=[N+]([O-])c1ccc(Cl)cc1CNc1cc(Cl)ccc1F. The van der Waals surface area contributed by atoms with Crippen LogP contribution in [0.2, 0.25) is 10.0 Å². The normalized spacial score (nSPS) is 10.3. The molecule has 0 saturated carbocycles. The lowest BCUT2D eigenvalue weighted by Gasteiger charge is -2.09. The van der Waals surface area contributed by atoms with Crippen molar-refractivity contribution in [3.63, 3.8) is 0 Å². The molecule has 0 aliphatic carbocycles. The van der Waals surface area contributed by atoms with E-state index in [0.29, 0.717) is 15.6 Å². The number of hydrogen-bond donors (Lipinski definition) is 1. The molecule has 0 aromatic heterocycles. The molecule has 0 aliphatic heterocycles. The molecule has 0 heterocycles. The molecule has 2 rings (SSSR count). The van der Waals surface area contributed by atoms with Crippen molar-refractivity contribution in [3.05, 3.63) is 67.9 Å². The Morgan fingerprint density at radius 1 is 1.15 bits per heavy atom. The summed E-state index contributed by atoms with van der Waals surface area (Å²) in [6.07, 6.45) is 0. The summed E-state index contributed by atoms with van der Waals surface area (Å²) >= 11 is 11.6. The number of benzene rings is 2. The molecule has 20 heavy (non-hydrogen) atoms. The maximum absolute atomic E-state index is 13.5. The van der Waals surface area contributed by atoms with Gasteiger partial charge >= 0.3 is 0 Å². The molecule has 0 saturated heterocycles. The van der Waals surface area contributed by atoms with Crippen LogP contribution in [0.25, 0.3) is 0 Å².